The Morgan fingerprint density at radius 3 is 2.68 bits per heavy atom. The lowest BCUT2D eigenvalue weighted by Crippen LogP contribution is -2.68. The second kappa shape index (κ2) is 6.09. The van der Waals surface area contributed by atoms with Gasteiger partial charge in [-0.05, 0) is 25.2 Å². The summed E-state index contributed by atoms with van der Waals surface area (Å²) in [5.74, 6) is 2.71. The fraction of sp³-hybridized carbons (Fsp3) is 0.765. The van der Waals surface area contributed by atoms with Crippen LogP contribution in [0.2, 0.25) is 0 Å². The second-order valence-electron chi connectivity index (χ2n) is 7.83. The molecule has 2 saturated heterocycles. The molecule has 0 unspecified atom stereocenters. The van der Waals surface area contributed by atoms with E-state index in [-0.39, 0.29) is 11.7 Å². The lowest BCUT2D eigenvalue weighted by molar-refractivity contribution is 0.0730. The Hall–Kier alpha value is -1.41. The number of aromatic nitrogens is 2. The fourth-order valence-corrected chi connectivity index (χ4v) is 6.29. The first-order valence-electron chi connectivity index (χ1n) is 8.96. The van der Waals surface area contributed by atoms with Crippen LogP contribution in [0.4, 0.5) is 11.6 Å². The summed E-state index contributed by atoms with van der Waals surface area (Å²) in [6.45, 7) is 2.37. The molecule has 0 N–H and O–H groups in total. The molecule has 3 fully saturated rings. The molecule has 0 bridgehead atoms. The van der Waals surface area contributed by atoms with Crippen molar-refractivity contribution < 1.29 is 13.2 Å². The molecule has 1 aromatic heterocycles. The number of anilines is 2. The van der Waals surface area contributed by atoms with Gasteiger partial charge in [0, 0.05) is 45.8 Å². The summed E-state index contributed by atoms with van der Waals surface area (Å²) >= 11 is 0. The Balaban J connectivity index is 1.46. The summed E-state index contributed by atoms with van der Waals surface area (Å²) in [4.78, 5) is 12.5. The normalized spacial score (nSPS) is 26.6. The molecule has 8 heteroatoms. The molecule has 2 aliphatic heterocycles. The van der Waals surface area contributed by atoms with E-state index in [1.54, 1.807) is 0 Å². The number of ether oxygens (including phenoxy) is 1. The minimum absolute atomic E-state index is 0.0997. The molecule has 0 amide bonds. The van der Waals surface area contributed by atoms with Crippen LogP contribution in [-0.2, 0) is 14.6 Å². The van der Waals surface area contributed by atoms with Crippen molar-refractivity contribution >= 4 is 21.5 Å². The summed E-state index contributed by atoms with van der Waals surface area (Å²) in [7, 11) is 0.781. The molecule has 1 saturated carbocycles. The van der Waals surface area contributed by atoms with Gasteiger partial charge in [0.25, 0.3) is 0 Å². The van der Waals surface area contributed by atoms with Crippen molar-refractivity contribution in [3.63, 3.8) is 0 Å². The maximum atomic E-state index is 12.7. The highest BCUT2D eigenvalue weighted by Crippen LogP contribution is 2.46. The highest BCUT2D eigenvalue weighted by molar-refractivity contribution is 7.93. The van der Waals surface area contributed by atoms with Crippen LogP contribution in [0.25, 0.3) is 0 Å². The first-order valence-corrected chi connectivity index (χ1v) is 10.6. The van der Waals surface area contributed by atoms with E-state index in [0.717, 1.165) is 18.2 Å². The third-order valence-electron chi connectivity index (χ3n) is 5.81. The average molecular weight is 366 g/mol. The number of hydrogen-bond donors (Lipinski definition) is 0. The number of rotatable bonds is 6. The van der Waals surface area contributed by atoms with Gasteiger partial charge in [0.15, 0.2) is 9.84 Å². The van der Waals surface area contributed by atoms with Gasteiger partial charge in [0.1, 0.15) is 22.7 Å². The molecular formula is C17H26N4O3S. The Labute approximate surface area is 149 Å². The summed E-state index contributed by atoms with van der Waals surface area (Å²) in [6.07, 6.45) is 4.76. The molecule has 3 heterocycles. The molecule has 1 atom stereocenters. The summed E-state index contributed by atoms with van der Waals surface area (Å²) < 4.78 is 30.6. The molecule has 7 nitrogen and oxygen atoms in total. The minimum atomic E-state index is -3.08. The highest BCUT2D eigenvalue weighted by Gasteiger charge is 2.61. The molecule has 25 heavy (non-hydrogen) atoms. The van der Waals surface area contributed by atoms with Crippen molar-refractivity contribution in [3.05, 3.63) is 12.4 Å². The van der Waals surface area contributed by atoms with Gasteiger partial charge < -0.3 is 14.5 Å². The van der Waals surface area contributed by atoms with Gasteiger partial charge in [-0.15, -0.1) is 0 Å². The van der Waals surface area contributed by atoms with Gasteiger partial charge in [-0.2, -0.15) is 0 Å². The van der Waals surface area contributed by atoms with Crippen LogP contribution in [0.5, 0.6) is 0 Å². The van der Waals surface area contributed by atoms with E-state index in [1.165, 1.54) is 19.2 Å². The zero-order chi connectivity index (χ0) is 17.7. The Bertz CT molecular complexity index is 742. The van der Waals surface area contributed by atoms with E-state index < -0.39 is 14.6 Å². The molecular weight excluding hydrogens is 340 g/mol. The van der Waals surface area contributed by atoms with Gasteiger partial charge in [-0.3, -0.25) is 0 Å². The zero-order valence-electron chi connectivity index (χ0n) is 14.9. The summed E-state index contributed by atoms with van der Waals surface area (Å²) in [5, 5.41) is 0. The van der Waals surface area contributed by atoms with Crippen LogP contribution in [0.15, 0.2) is 12.4 Å². The highest BCUT2D eigenvalue weighted by atomic mass is 32.2. The third kappa shape index (κ3) is 2.99. The summed E-state index contributed by atoms with van der Waals surface area (Å²) in [6, 6.07) is 1.91. The van der Waals surface area contributed by atoms with E-state index in [9.17, 15) is 8.42 Å². The number of nitrogens with zero attached hydrogens (tertiary/aromatic N) is 4. The van der Waals surface area contributed by atoms with Crippen molar-refractivity contribution in [1.29, 1.82) is 0 Å². The maximum absolute atomic E-state index is 12.7. The van der Waals surface area contributed by atoms with E-state index in [2.05, 4.69) is 9.97 Å². The molecule has 0 radical (unpaired) electrons. The molecule has 3 aliphatic rings. The van der Waals surface area contributed by atoms with Crippen molar-refractivity contribution in [2.45, 2.75) is 24.0 Å². The van der Waals surface area contributed by atoms with Crippen molar-refractivity contribution in [2.24, 2.45) is 11.8 Å². The lowest BCUT2D eigenvalue weighted by Gasteiger charge is -2.50. The minimum Gasteiger partial charge on any atom is -0.381 e. The smallest absolute Gasteiger partial charge is 0.159 e. The predicted molar refractivity (Wildman–Crippen MR) is 96.7 cm³/mol. The van der Waals surface area contributed by atoms with Crippen LogP contribution >= 0.6 is 0 Å². The number of sulfone groups is 1. The van der Waals surface area contributed by atoms with Crippen molar-refractivity contribution in [3.8, 4) is 0 Å². The molecule has 1 spiro atoms. The van der Waals surface area contributed by atoms with Gasteiger partial charge in [0.2, 0.25) is 0 Å². The standard InChI is InChI=1S/C17H26N4O3S/c1-20(2)15-7-16(19-12-18-15)21-10-17(11-21)14(5-6-25(17,22)23)9-24-8-13-3-4-13/h7,12-14H,3-6,8-11H2,1-2H3/t14-/m1/s1. The average Bonchev–Trinajstić information content (AvgIpc) is 3.30. The van der Waals surface area contributed by atoms with Crippen molar-refractivity contribution in [1.82, 2.24) is 9.97 Å². The maximum Gasteiger partial charge on any atom is 0.159 e. The second-order valence-corrected chi connectivity index (χ2v) is 10.3. The van der Waals surface area contributed by atoms with E-state index in [4.69, 9.17) is 4.74 Å². The molecule has 138 valence electrons. The van der Waals surface area contributed by atoms with Crippen LogP contribution < -0.4 is 9.80 Å². The van der Waals surface area contributed by atoms with Gasteiger partial charge >= 0.3 is 0 Å². The van der Waals surface area contributed by atoms with E-state index in [1.807, 2.05) is 30.0 Å². The predicted octanol–water partition coefficient (Wildman–Crippen LogP) is 0.963. The fourth-order valence-electron chi connectivity index (χ4n) is 3.89. The van der Waals surface area contributed by atoms with Gasteiger partial charge in [0.05, 0.1) is 12.4 Å². The van der Waals surface area contributed by atoms with E-state index in [0.29, 0.717) is 32.0 Å². The van der Waals surface area contributed by atoms with Crippen LogP contribution in [-0.4, -0.2) is 69.3 Å². The van der Waals surface area contributed by atoms with Crippen LogP contribution in [0.1, 0.15) is 19.3 Å². The SMILES string of the molecule is CN(C)c1cc(N2CC3(C2)[C@@H](COCC2CC2)CCS3(=O)=O)ncn1. The largest absolute Gasteiger partial charge is 0.381 e. The molecule has 1 aliphatic carbocycles. The Morgan fingerprint density at radius 2 is 2.00 bits per heavy atom. The Kier molecular flexibility index (Phi) is 4.15. The third-order valence-corrected chi connectivity index (χ3v) is 8.41. The first kappa shape index (κ1) is 17.0. The summed E-state index contributed by atoms with van der Waals surface area (Å²) in [5.41, 5.74) is 0. The van der Waals surface area contributed by atoms with Crippen LogP contribution in [0, 0.1) is 11.8 Å². The topological polar surface area (TPSA) is 75.6 Å². The zero-order valence-corrected chi connectivity index (χ0v) is 15.7. The lowest BCUT2D eigenvalue weighted by atomic mass is 9.83. The van der Waals surface area contributed by atoms with Crippen LogP contribution in [0.3, 0.4) is 0 Å². The number of hydrogen-bond acceptors (Lipinski definition) is 7. The molecule has 4 rings (SSSR count). The van der Waals surface area contributed by atoms with E-state index >= 15 is 0 Å². The quantitative estimate of drug-likeness (QED) is 0.742. The Morgan fingerprint density at radius 1 is 1.24 bits per heavy atom. The molecule has 0 aromatic carbocycles. The molecule has 1 aromatic rings. The monoisotopic (exact) mass is 366 g/mol. The van der Waals surface area contributed by atoms with Crippen molar-refractivity contribution in [2.75, 3.05) is 56.0 Å². The first-order chi connectivity index (χ1) is 11.9. The van der Waals surface area contributed by atoms with Gasteiger partial charge in [-0.1, -0.05) is 0 Å². The van der Waals surface area contributed by atoms with Gasteiger partial charge in [-0.25, -0.2) is 18.4 Å².